The van der Waals surface area contributed by atoms with E-state index in [-0.39, 0.29) is 5.78 Å². The van der Waals surface area contributed by atoms with Crippen LogP contribution in [0.2, 0.25) is 0 Å². The number of para-hydroxylation sites is 1. The number of carbonyl (C=O) groups is 2. The minimum absolute atomic E-state index is 0.115. The number of hydrogen-bond donors (Lipinski definition) is 2. The molecule has 0 radical (unpaired) electrons. The number of esters is 1. The van der Waals surface area contributed by atoms with Crippen LogP contribution in [0.15, 0.2) is 108 Å². The molecule has 4 rings (SSSR count). The van der Waals surface area contributed by atoms with Crippen LogP contribution < -0.4 is 15.4 Å². The van der Waals surface area contributed by atoms with Gasteiger partial charge in [-0.2, -0.15) is 0 Å². The Balaban J connectivity index is 1.37. The maximum absolute atomic E-state index is 13.1. The molecule has 7 heteroatoms. The smallest absolute Gasteiger partial charge is 0.328 e. The summed E-state index contributed by atoms with van der Waals surface area (Å²) in [5.74, 6) is 0.226. The standard InChI is InChI=1S/C32H32N2O4S/c1-37-32(36)30(34-29-14-7-6-13-28(29)31(35)24-9-4-3-5-10-24)21-23-15-17-26(18-16-23)38-20-19-33-25-11-8-12-27(22-25)39-2/h3-18,22,30,33-34H,19-21H2,1-2H3/t30-/m0/s1. The minimum Gasteiger partial charge on any atom is -0.492 e. The second-order valence-electron chi connectivity index (χ2n) is 8.82. The lowest BCUT2D eigenvalue weighted by molar-refractivity contribution is -0.141. The van der Waals surface area contributed by atoms with E-state index in [1.807, 2.05) is 66.7 Å². The Bertz CT molecular complexity index is 1380. The maximum atomic E-state index is 13.1. The van der Waals surface area contributed by atoms with E-state index < -0.39 is 12.0 Å². The van der Waals surface area contributed by atoms with Gasteiger partial charge in [0.05, 0.1) is 7.11 Å². The molecule has 0 saturated heterocycles. The Morgan fingerprint density at radius 2 is 1.62 bits per heavy atom. The SMILES string of the molecule is COC(=O)[C@H](Cc1ccc(OCCNc2cccc(SC)c2)cc1)Nc1ccccc1C(=O)c1ccccc1. The largest absolute Gasteiger partial charge is 0.492 e. The number of benzene rings is 4. The van der Waals surface area contributed by atoms with Crippen LogP contribution in [0.1, 0.15) is 21.5 Å². The number of carbonyl (C=O) groups excluding carboxylic acids is 2. The molecule has 4 aromatic carbocycles. The summed E-state index contributed by atoms with van der Waals surface area (Å²) in [5.41, 5.74) is 3.66. The number of rotatable bonds is 13. The highest BCUT2D eigenvalue weighted by molar-refractivity contribution is 7.98. The van der Waals surface area contributed by atoms with E-state index in [2.05, 4.69) is 29.0 Å². The summed E-state index contributed by atoms with van der Waals surface area (Å²) >= 11 is 1.71. The van der Waals surface area contributed by atoms with Gasteiger partial charge in [0.15, 0.2) is 5.78 Å². The molecule has 0 spiro atoms. The highest BCUT2D eigenvalue weighted by atomic mass is 32.2. The van der Waals surface area contributed by atoms with Crippen molar-refractivity contribution in [2.24, 2.45) is 0 Å². The average Bonchev–Trinajstić information content (AvgIpc) is 2.99. The minimum atomic E-state index is -0.673. The fourth-order valence-corrected chi connectivity index (χ4v) is 4.59. The van der Waals surface area contributed by atoms with E-state index in [4.69, 9.17) is 9.47 Å². The van der Waals surface area contributed by atoms with Crippen LogP contribution in [0.5, 0.6) is 5.75 Å². The van der Waals surface area contributed by atoms with E-state index in [0.29, 0.717) is 36.4 Å². The third-order valence-corrected chi connectivity index (χ3v) is 6.88. The zero-order chi connectivity index (χ0) is 27.5. The lowest BCUT2D eigenvalue weighted by Crippen LogP contribution is -2.33. The number of thioether (sulfide) groups is 1. The summed E-state index contributed by atoms with van der Waals surface area (Å²) < 4.78 is 10.9. The van der Waals surface area contributed by atoms with E-state index >= 15 is 0 Å². The molecule has 39 heavy (non-hydrogen) atoms. The molecule has 0 aliphatic heterocycles. The molecular formula is C32H32N2O4S. The lowest BCUT2D eigenvalue weighted by atomic mass is 10.00. The van der Waals surface area contributed by atoms with Crippen LogP contribution in [0.25, 0.3) is 0 Å². The summed E-state index contributed by atoms with van der Waals surface area (Å²) in [6.45, 7) is 1.19. The first-order chi connectivity index (χ1) is 19.1. The summed E-state index contributed by atoms with van der Waals surface area (Å²) in [4.78, 5) is 27.0. The molecule has 0 aliphatic carbocycles. The molecule has 0 saturated carbocycles. The van der Waals surface area contributed by atoms with E-state index in [0.717, 1.165) is 17.0 Å². The van der Waals surface area contributed by atoms with E-state index in [1.165, 1.54) is 12.0 Å². The second-order valence-corrected chi connectivity index (χ2v) is 9.70. The summed E-state index contributed by atoms with van der Waals surface area (Å²) in [6.07, 6.45) is 2.44. The quantitative estimate of drug-likeness (QED) is 0.0889. The van der Waals surface area contributed by atoms with Crippen LogP contribution in [-0.4, -0.2) is 44.3 Å². The molecule has 0 amide bonds. The van der Waals surface area contributed by atoms with Crippen molar-refractivity contribution in [3.63, 3.8) is 0 Å². The number of hydrogen-bond acceptors (Lipinski definition) is 7. The van der Waals surface area contributed by atoms with Gasteiger partial charge in [0.25, 0.3) is 0 Å². The first-order valence-electron chi connectivity index (χ1n) is 12.7. The molecule has 6 nitrogen and oxygen atoms in total. The Morgan fingerprint density at radius 3 is 2.36 bits per heavy atom. The van der Waals surface area contributed by atoms with Gasteiger partial charge in [-0.15, -0.1) is 11.8 Å². The molecule has 1 atom stereocenters. The zero-order valence-electron chi connectivity index (χ0n) is 22.1. The molecule has 0 heterocycles. The first-order valence-corrected chi connectivity index (χ1v) is 13.9. The van der Waals surface area contributed by atoms with E-state index in [1.54, 1.807) is 36.0 Å². The first kappa shape index (κ1) is 27.8. The van der Waals surface area contributed by atoms with Crippen LogP contribution in [0, 0.1) is 0 Å². The lowest BCUT2D eigenvalue weighted by Gasteiger charge is -2.20. The molecule has 0 unspecified atom stereocenters. The number of methoxy groups -OCH3 is 1. The number of nitrogens with one attached hydrogen (secondary N) is 2. The van der Waals surface area contributed by atoms with Gasteiger partial charge in [-0.05, 0) is 54.3 Å². The summed E-state index contributed by atoms with van der Waals surface area (Å²) in [6, 6.07) is 31.5. The van der Waals surface area contributed by atoms with Crippen molar-refractivity contribution in [2.45, 2.75) is 17.4 Å². The van der Waals surface area contributed by atoms with Gasteiger partial charge >= 0.3 is 5.97 Å². The van der Waals surface area contributed by atoms with Crippen LogP contribution in [0.4, 0.5) is 11.4 Å². The fourth-order valence-electron chi connectivity index (χ4n) is 4.13. The second kappa shape index (κ2) is 14.1. The fraction of sp³-hybridized carbons (Fsp3) is 0.188. The molecule has 200 valence electrons. The number of ether oxygens (including phenoxy) is 2. The van der Waals surface area contributed by atoms with Gasteiger partial charge in [0.1, 0.15) is 18.4 Å². The maximum Gasteiger partial charge on any atom is 0.328 e. The molecule has 4 aromatic rings. The molecule has 0 bridgehead atoms. The van der Waals surface area contributed by atoms with Gasteiger partial charge < -0.3 is 20.1 Å². The topological polar surface area (TPSA) is 76.7 Å². The van der Waals surface area contributed by atoms with Crippen molar-refractivity contribution in [1.82, 2.24) is 0 Å². The van der Waals surface area contributed by atoms with Gasteiger partial charge in [-0.1, -0.05) is 60.7 Å². The Kier molecular flexibility index (Phi) is 10.0. The number of ketones is 1. The molecule has 0 fully saturated rings. The van der Waals surface area contributed by atoms with Crippen molar-refractivity contribution >= 4 is 34.9 Å². The van der Waals surface area contributed by atoms with Gasteiger partial charge in [-0.25, -0.2) is 4.79 Å². The third-order valence-electron chi connectivity index (χ3n) is 6.16. The van der Waals surface area contributed by atoms with Gasteiger partial charge in [0, 0.05) is 40.4 Å². The molecular weight excluding hydrogens is 508 g/mol. The predicted molar refractivity (Wildman–Crippen MR) is 158 cm³/mol. The van der Waals surface area contributed by atoms with Crippen molar-refractivity contribution in [3.8, 4) is 5.75 Å². The van der Waals surface area contributed by atoms with Crippen molar-refractivity contribution in [2.75, 3.05) is 37.2 Å². The van der Waals surface area contributed by atoms with Crippen molar-refractivity contribution in [3.05, 3.63) is 120 Å². The molecule has 0 aromatic heterocycles. The Morgan fingerprint density at radius 1 is 0.872 bits per heavy atom. The zero-order valence-corrected chi connectivity index (χ0v) is 22.9. The Labute approximate surface area is 233 Å². The van der Waals surface area contributed by atoms with Crippen molar-refractivity contribution < 1.29 is 19.1 Å². The molecule has 0 aliphatic rings. The number of anilines is 2. The highest BCUT2D eigenvalue weighted by Crippen LogP contribution is 2.22. The van der Waals surface area contributed by atoms with Crippen molar-refractivity contribution in [1.29, 1.82) is 0 Å². The van der Waals surface area contributed by atoms with E-state index in [9.17, 15) is 9.59 Å². The average molecular weight is 541 g/mol. The summed E-state index contributed by atoms with van der Waals surface area (Å²) in [7, 11) is 1.36. The molecule has 2 N–H and O–H groups in total. The normalized spacial score (nSPS) is 11.3. The van der Waals surface area contributed by atoms with Crippen LogP contribution >= 0.6 is 11.8 Å². The van der Waals surface area contributed by atoms with Crippen LogP contribution in [-0.2, 0) is 16.0 Å². The van der Waals surface area contributed by atoms with Gasteiger partial charge in [0.2, 0.25) is 0 Å². The summed E-state index contributed by atoms with van der Waals surface area (Å²) in [5, 5.41) is 6.61. The predicted octanol–water partition coefficient (Wildman–Crippen LogP) is 6.33. The van der Waals surface area contributed by atoms with Gasteiger partial charge in [-0.3, -0.25) is 4.79 Å². The Hall–Kier alpha value is -4.23. The third kappa shape index (κ3) is 7.88. The monoisotopic (exact) mass is 540 g/mol. The van der Waals surface area contributed by atoms with Crippen LogP contribution in [0.3, 0.4) is 0 Å². The highest BCUT2D eigenvalue weighted by Gasteiger charge is 2.22.